The second-order valence-corrected chi connectivity index (χ2v) is 6.61. The number of nitrogens with one attached hydrogen (secondary N) is 1. The van der Waals surface area contributed by atoms with Gasteiger partial charge in [0.2, 0.25) is 5.95 Å². The SMILES string of the molecule is C=Cc1cc([C@H]2CC[C@H](O)CC2)n2nc(N[C@@H](C)COC)ncc12. The molecule has 2 aromatic heterocycles. The molecule has 1 aliphatic carbocycles. The van der Waals surface area contributed by atoms with Gasteiger partial charge in [0.25, 0.3) is 0 Å². The molecule has 0 saturated heterocycles. The average Bonchev–Trinajstić information content (AvgIpc) is 2.94. The van der Waals surface area contributed by atoms with Crippen molar-refractivity contribution in [2.75, 3.05) is 19.0 Å². The molecular weight excluding hydrogens is 304 g/mol. The van der Waals surface area contributed by atoms with Crippen LogP contribution in [0, 0.1) is 0 Å². The highest BCUT2D eigenvalue weighted by Gasteiger charge is 2.24. The molecule has 0 aliphatic heterocycles. The van der Waals surface area contributed by atoms with E-state index in [9.17, 15) is 5.11 Å². The van der Waals surface area contributed by atoms with E-state index in [4.69, 9.17) is 4.74 Å². The minimum Gasteiger partial charge on any atom is -0.393 e. The number of methoxy groups -OCH3 is 1. The third-order valence-electron chi connectivity index (χ3n) is 4.70. The van der Waals surface area contributed by atoms with E-state index < -0.39 is 0 Å². The summed E-state index contributed by atoms with van der Waals surface area (Å²) in [5, 5.41) is 17.7. The number of aromatic nitrogens is 3. The number of rotatable bonds is 6. The molecule has 6 heteroatoms. The summed E-state index contributed by atoms with van der Waals surface area (Å²) in [4.78, 5) is 4.42. The second-order valence-electron chi connectivity index (χ2n) is 6.61. The quantitative estimate of drug-likeness (QED) is 0.852. The van der Waals surface area contributed by atoms with Crippen LogP contribution < -0.4 is 5.32 Å². The topological polar surface area (TPSA) is 71.7 Å². The maximum Gasteiger partial charge on any atom is 0.241 e. The normalized spacial score (nSPS) is 22.5. The van der Waals surface area contributed by atoms with Crippen molar-refractivity contribution in [3.8, 4) is 0 Å². The molecular formula is C18H26N4O2. The van der Waals surface area contributed by atoms with Crippen LogP contribution in [0.4, 0.5) is 5.95 Å². The van der Waals surface area contributed by atoms with E-state index in [0.29, 0.717) is 18.5 Å². The lowest BCUT2D eigenvalue weighted by atomic mass is 9.85. The van der Waals surface area contributed by atoms with E-state index in [2.05, 4.69) is 28.0 Å². The first-order valence-corrected chi connectivity index (χ1v) is 8.57. The molecule has 1 saturated carbocycles. The Kier molecular flexibility index (Phi) is 5.16. The largest absolute Gasteiger partial charge is 0.393 e. The molecule has 0 spiro atoms. The summed E-state index contributed by atoms with van der Waals surface area (Å²) >= 11 is 0. The van der Waals surface area contributed by atoms with E-state index in [0.717, 1.165) is 36.8 Å². The van der Waals surface area contributed by atoms with Crippen molar-refractivity contribution in [1.29, 1.82) is 0 Å². The number of aliphatic hydroxyl groups is 1. The van der Waals surface area contributed by atoms with Gasteiger partial charge in [-0.05, 0) is 38.7 Å². The fraction of sp³-hybridized carbons (Fsp3) is 0.556. The van der Waals surface area contributed by atoms with E-state index in [1.54, 1.807) is 7.11 Å². The van der Waals surface area contributed by atoms with E-state index in [1.807, 2.05) is 23.7 Å². The lowest BCUT2D eigenvalue weighted by molar-refractivity contribution is 0.121. The molecule has 0 radical (unpaired) electrons. The molecule has 1 aliphatic rings. The maximum atomic E-state index is 9.76. The number of hydrogen-bond donors (Lipinski definition) is 2. The highest BCUT2D eigenvalue weighted by Crippen LogP contribution is 2.35. The molecule has 0 bridgehead atoms. The van der Waals surface area contributed by atoms with E-state index in [1.165, 1.54) is 5.69 Å². The third kappa shape index (κ3) is 3.44. The van der Waals surface area contributed by atoms with Gasteiger partial charge >= 0.3 is 0 Å². The molecule has 1 atom stereocenters. The number of aliphatic hydroxyl groups excluding tert-OH is 1. The highest BCUT2D eigenvalue weighted by molar-refractivity contribution is 5.69. The van der Waals surface area contributed by atoms with E-state index >= 15 is 0 Å². The Bertz CT molecular complexity index is 704. The summed E-state index contributed by atoms with van der Waals surface area (Å²) < 4.78 is 7.13. The van der Waals surface area contributed by atoms with Gasteiger partial charge in [-0.15, -0.1) is 5.10 Å². The standard InChI is InChI=1S/C18H26N4O2/c1-4-13-9-16(14-5-7-15(23)8-6-14)22-17(13)10-19-18(21-22)20-12(2)11-24-3/h4,9-10,12,14-15,23H,1,5-8,11H2,2-3H3,(H,20,21)/t12-,14-,15-/m0/s1. The highest BCUT2D eigenvalue weighted by atomic mass is 16.5. The lowest BCUT2D eigenvalue weighted by Crippen LogP contribution is -2.23. The Labute approximate surface area is 142 Å². The zero-order valence-corrected chi connectivity index (χ0v) is 14.4. The van der Waals surface area contributed by atoms with Crippen molar-refractivity contribution in [2.24, 2.45) is 0 Å². The van der Waals surface area contributed by atoms with Crippen molar-refractivity contribution in [2.45, 2.75) is 50.7 Å². The van der Waals surface area contributed by atoms with Crippen LogP contribution in [0.5, 0.6) is 0 Å². The Morgan fingerprint density at radius 2 is 2.21 bits per heavy atom. The average molecular weight is 330 g/mol. The van der Waals surface area contributed by atoms with Crippen LogP contribution in [0.3, 0.4) is 0 Å². The van der Waals surface area contributed by atoms with Crippen LogP contribution in [0.15, 0.2) is 18.8 Å². The molecule has 0 unspecified atom stereocenters. The predicted octanol–water partition coefficient (Wildman–Crippen LogP) is 2.84. The van der Waals surface area contributed by atoms with Gasteiger partial charge in [0.05, 0.1) is 24.4 Å². The number of hydrogen-bond acceptors (Lipinski definition) is 5. The fourth-order valence-electron chi connectivity index (χ4n) is 3.44. The molecule has 3 rings (SSSR count). The summed E-state index contributed by atoms with van der Waals surface area (Å²) in [6, 6.07) is 2.29. The molecule has 24 heavy (non-hydrogen) atoms. The lowest BCUT2D eigenvalue weighted by Gasteiger charge is -2.25. The second kappa shape index (κ2) is 7.32. The number of nitrogens with zero attached hydrogens (tertiary/aromatic N) is 3. The Morgan fingerprint density at radius 1 is 1.46 bits per heavy atom. The molecule has 130 valence electrons. The minimum absolute atomic E-state index is 0.134. The molecule has 1 fully saturated rings. The summed E-state index contributed by atoms with van der Waals surface area (Å²) in [6.45, 7) is 6.53. The zero-order valence-electron chi connectivity index (χ0n) is 14.4. The Balaban J connectivity index is 1.94. The van der Waals surface area contributed by atoms with Gasteiger partial charge in [-0.25, -0.2) is 9.50 Å². The summed E-state index contributed by atoms with van der Waals surface area (Å²) in [6.07, 6.45) is 7.19. The van der Waals surface area contributed by atoms with Crippen molar-refractivity contribution in [3.05, 3.63) is 30.1 Å². The number of ether oxygens (including phenoxy) is 1. The molecule has 2 heterocycles. The molecule has 0 amide bonds. The van der Waals surface area contributed by atoms with Gasteiger partial charge in [0.15, 0.2) is 0 Å². The van der Waals surface area contributed by atoms with E-state index in [-0.39, 0.29) is 12.1 Å². The monoisotopic (exact) mass is 330 g/mol. The summed E-state index contributed by atoms with van der Waals surface area (Å²) in [7, 11) is 1.68. The van der Waals surface area contributed by atoms with Crippen molar-refractivity contribution in [1.82, 2.24) is 14.6 Å². The van der Waals surface area contributed by atoms with Crippen LogP contribution >= 0.6 is 0 Å². The molecule has 2 N–H and O–H groups in total. The maximum absolute atomic E-state index is 9.76. The zero-order chi connectivity index (χ0) is 17.1. The van der Waals surface area contributed by atoms with Gasteiger partial charge in [-0.3, -0.25) is 0 Å². The van der Waals surface area contributed by atoms with Gasteiger partial charge in [0, 0.05) is 30.3 Å². The van der Waals surface area contributed by atoms with Crippen LogP contribution in [-0.2, 0) is 4.74 Å². The molecule has 0 aromatic carbocycles. The summed E-state index contributed by atoms with van der Waals surface area (Å²) in [5.41, 5.74) is 3.19. The summed E-state index contributed by atoms with van der Waals surface area (Å²) in [5.74, 6) is 1.00. The van der Waals surface area contributed by atoms with Crippen LogP contribution in [0.25, 0.3) is 11.6 Å². The number of fused-ring (bicyclic) bond motifs is 1. The van der Waals surface area contributed by atoms with Crippen LogP contribution in [0.2, 0.25) is 0 Å². The van der Waals surface area contributed by atoms with Gasteiger partial charge in [-0.1, -0.05) is 12.7 Å². The fourth-order valence-corrected chi connectivity index (χ4v) is 3.44. The van der Waals surface area contributed by atoms with Gasteiger partial charge in [0.1, 0.15) is 0 Å². The van der Waals surface area contributed by atoms with Crippen molar-refractivity contribution < 1.29 is 9.84 Å². The van der Waals surface area contributed by atoms with Crippen LogP contribution in [-0.4, -0.2) is 45.6 Å². The first-order chi connectivity index (χ1) is 11.6. The first kappa shape index (κ1) is 16.9. The van der Waals surface area contributed by atoms with Crippen molar-refractivity contribution in [3.63, 3.8) is 0 Å². The Hall–Kier alpha value is -1.92. The minimum atomic E-state index is -0.159. The molecule has 2 aromatic rings. The van der Waals surface area contributed by atoms with Gasteiger partial charge in [-0.2, -0.15) is 0 Å². The molecule has 6 nitrogen and oxygen atoms in total. The van der Waals surface area contributed by atoms with Crippen molar-refractivity contribution >= 4 is 17.5 Å². The third-order valence-corrected chi connectivity index (χ3v) is 4.70. The Morgan fingerprint density at radius 3 is 2.88 bits per heavy atom. The first-order valence-electron chi connectivity index (χ1n) is 8.57. The predicted molar refractivity (Wildman–Crippen MR) is 95.3 cm³/mol. The smallest absolute Gasteiger partial charge is 0.241 e. The number of anilines is 1. The van der Waals surface area contributed by atoms with Gasteiger partial charge < -0.3 is 15.2 Å². The van der Waals surface area contributed by atoms with Crippen LogP contribution in [0.1, 0.15) is 49.8 Å².